The highest BCUT2D eigenvalue weighted by Crippen LogP contribution is 2.04. The quantitative estimate of drug-likeness (QED) is 0.745. The standard InChI is InChI=1S/C11H18N4O3/c1-4-18-10(16)7-15(6-8(2)3)11(17)9-5-12-14-13-9/h5,8H,4,6-7H2,1-3H3,(H,12,13,14). The van der Waals surface area contributed by atoms with Crippen LogP contribution in [0.2, 0.25) is 0 Å². The normalized spacial score (nSPS) is 10.4. The lowest BCUT2D eigenvalue weighted by Crippen LogP contribution is -2.39. The van der Waals surface area contributed by atoms with E-state index in [0.717, 1.165) is 0 Å². The Morgan fingerprint density at radius 1 is 1.50 bits per heavy atom. The van der Waals surface area contributed by atoms with Gasteiger partial charge in [-0.2, -0.15) is 15.4 Å². The summed E-state index contributed by atoms with van der Waals surface area (Å²) >= 11 is 0. The summed E-state index contributed by atoms with van der Waals surface area (Å²) in [5, 5.41) is 9.67. The van der Waals surface area contributed by atoms with Gasteiger partial charge in [-0.1, -0.05) is 13.8 Å². The number of aromatic nitrogens is 3. The zero-order valence-electron chi connectivity index (χ0n) is 10.8. The molecule has 100 valence electrons. The maximum atomic E-state index is 12.1. The van der Waals surface area contributed by atoms with Gasteiger partial charge >= 0.3 is 5.97 Å². The fraction of sp³-hybridized carbons (Fsp3) is 0.636. The van der Waals surface area contributed by atoms with Crippen molar-refractivity contribution in [2.24, 2.45) is 5.92 Å². The second-order valence-electron chi connectivity index (χ2n) is 4.24. The van der Waals surface area contributed by atoms with Crippen LogP contribution in [0.3, 0.4) is 0 Å². The predicted octanol–water partition coefficient (Wildman–Crippen LogP) is 0.466. The first-order valence-electron chi connectivity index (χ1n) is 5.85. The summed E-state index contributed by atoms with van der Waals surface area (Å²) in [7, 11) is 0. The van der Waals surface area contributed by atoms with E-state index in [9.17, 15) is 9.59 Å². The zero-order chi connectivity index (χ0) is 13.5. The number of rotatable bonds is 6. The molecule has 0 aliphatic heterocycles. The molecule has 0 aromatic carbocycles. The molecule has 0 radical (unpaired) electrons. The minimum absolute atomic E-state index is 0.0717. The number of H-pyrrole nitrogens is 1. The molecule has 0 bridgehead atoms. The van der Waals surface area contributed by atoms with Gasteiger partial charge in [-0.05, 0) is 12.8 Å². The summed E-state index contributed by atoms with van der Waals surface area (Å²) in [4.78, 5) is 24.9. The molecule has 0 fully saturated rings. The topological polar surface area (TPSA) is 88.2 Å². The van der Waals surface area contributed by atoms with Crippen molar-refractivity contribution >= 4 is 11.9 Å². The summed E-state index contributed by atoms with van der Waals surface area (Å²) in [5.41, 5.74) is 0.194. The summed E-state index contributed by atoms with van der Waals surface area (Å²) < 4.78 is 4.84. The summed E-state index contributed by atoms with van der Waals surface area (Å²) in [6.07, 6.45) is 1.33. The van der Waals surface area contributed by atoms with E-state index < -0.39 is 5.97 Å². The lowest BCUT2D eigenvalue weighted by molar-refractivity contribution is -0.143. The fourth-order valence-corrected chi connectivity index (χ4v) is 1.49. The van der Waals surface area contributed by atoms with Gasteiger partial charge in [0.15, 0.2) is 5.69 Å². The van der Waals surface area contributed by atoms with Crippen LogP contribution in [0, 0.1) is 5.92 Å². The van der Waals surface area contributed by atoms with Crippen LogP contribution < -0.4 is 0 Å². The molecule has 1 N–H and O–H groups in total. The molecule has 0 aliphatic carbocycles. The highest BCUT2D eigenvalue weighted by atomic mass is 16.5. The molecule has 18 heavy (non-hydrogen) atoms. The van der Waals surface area contributed by atoms with Gasteiger partial charge in [-0.25, -0.2) is 0 Å². The number of nitrogens with one attached hydrogen (secondary N) is 1. The fourth-order valence-electron chi connectivity index (χ4n) is 1.49. The van der Waals surface area contributed by atoms with Gasteiger partial charge in [0.25, 0.3) is 5.91 Å². The third-order valence-electron chi connectivity index (χ3n) is 2.13. The van der Waals surface area contributed by atoms with Crippen LogP contribution in [0.5, 0.6) is 0 Å². The number of hydrogen-bond donors (Lipinski definition) is 1. The minimum Gasteiger partial charge on any atom is -0.465 e. The number of ether oxygens (including phenoxy) is 1. The van der Waals surface area contributed by atoms with Crippen LogP contribution in [0.4, 0.5) is 0 Å². The van der Waals surface area contributed by atoms with Gasteiger partial charge in [0.1, 0.15) is 6.54 Å². The van der Waals surface area contributed by atoms with Crippen LogP contribution in [0.1, 0.15) is 31.3 Å². The lowest BCUT2D eigenvalue weighted by Gasteiger charge is -2.22. The van der Waals surface area contributed by atoms with Crippen LogP contribution in [0.15, 0.2) is 6.20 Å². The van der Waals surface area contributed by atoms with Crippen molar-refractivity contribution in [1.29, 1.82) is 0 Å². The SMILES string of the molecule is CCOC(=O)CN(CC(C)C)C(=O)c1cn[nH]n1. The second kappa shape index (κ2) is 6.73. The van der Waals surface area contributed by atoms with Crippen molar-refractivity contribution < 1.29 is 14.3 Å². The number of aromatic amines is 1. The molecule has 1 aromatic rings. The molecule has 1 aromatic heterocycles. The van der Waals surface area contributed by atoms with E-state index in [1.165, 1.54) is 11.1 Å². The van der Waals surface area contributed by atoms with Crippen LogP contribution >= 0.6 is 0 Å². The molecule has 7 heteroatoms. The predicted molar refractivity (Wildman–Crippen MR) is 63.8 cm³/mol. The van der Waals surface area contributed by atoms with E-state index in [1.54, 1.807) is 6.92 Å². The molecule has 0 spiro atoms. The van der Waals surface area contributed by atoms with E-state index in [4.69, 9.17) is 4.74 Å². The van der Waals surface area contributed by atoms with Crippen molar-refractivity contribution in [1.82, 2.24) is 20.3 Å². The molecule has 1 amide bonds. The first kappa shape index (κ1) is 14.1. The van der Waals surface area contributed by atoms with Crippen molar-refractivity contribution in [2.45, 2.75) is 20.8 Å². The van der Waals surface area contributed by atoms with E-state index in [2.05, 4.69) is 15.4 Å². The van der Waals surface area contributed by atoms with Gasteiger partial charge < -0.3 is 9.64 Å². The number of esters is 1. The smallest absolute Gasteiger partial charge is 0.325 e. The Morgan fingerprint density at radius 3 is 2.72 bits per heavy atom. The largest absolute Gasteiger partial charge is 0.465 e. The third-order valence-corrected chi connectivity index (χ3v) is 2.13. The molecule has 0 aliphatic rings. The van der Waals surface area contributed by atoms with Gasteiger partial charge in [-0.15, -0.1) is 0 Å². The minimum atomic E-state index is -0.421. The van der Waals surface area contributed by atoms with Gasteiger partial charge in [0.2, 0.25) is 0 Å². The molecule has 0 unspecified atom stereocenters. The lowest BCUT2D eigenvalue weighted by atomic mass is 10.2. The summed E-state index contributed by atoms with van der Waals surface area (Å²) in [6, 6.07) is 0. The van der Waals surface area contributed by atoms with Crippen LogP contribution in [-0.2, 0) is 9.53 Å². The highest BCUT2D eigenvalue weighted by molar-refractivity contribution is 5.93. The number of nitrogens with zero attached hydrogens (tertiary/aromatic N) is 3. The Bertz CT molecular complexity index is 389. The molecule has 1 rings (SSSR count). The Hall–Kier alpha value is -1.92. The van der Waals surface area contributed by atoms with E-state index in [-0.39, 0.29) is 24.1 Å². The van der Waals surface area contributed by atoms with Gasteiger partial charge in [0.05, 0.1) is 12.8 Å². The summed E-state index contributed by atoms with van der Waals surface area (Å²) in [5.74, 6) is -0.504. The number of carbonyl (C=O) groups is 2. The van der Waals surface area contributed by atoms with Crippen LogP contribution in [-0.4, -0.2) is 51.9 Å². The molecule has 7 nitrogen and oxygen atoms in total. The van der Waals surface area contributed by atoms with E-state index in [1.807, 2.05) is 13.8 Å². The molecule has 0 saturated carbocycles. The van der Waals surface area contributed by atoms with E-state index in [0.29, 0.717) is 13.2 Å². The molecular formula is C11H18N4O3. The summed E-state index contributed by atoms with van der Waals surface area (Å²) in [6.45, 7) is 6.35. The molecule has 0 atom stereocenters. The zero-order valence-corrected chi connectivity index (χ0v) is 10.8. The Labute approximate surface area is 105 Å². The molecular weight excluding hydrogens is 236 g/mol. The second-order valence-corrected chi connectivity index (χ2v) is 4.24. The monoisotopic (exact) mass is 254 g/mol. The Kier molecular flexibility index (Phi) is 5.29. The average Bonchev–Trinajstić information content (AvgIpc) is 2.80. The van der Waals surface area contributed by atoms with Crippen molar-refractivity contribution in [3.8, 4) is 0 Å². The van der Waals surface area contributed by atoms with Crippen molar-refractivity contribution in [3.05, 3.63) is 11.9 Å². The van der Waals surface area contributed by atoms with Gasteiger partial charge in [0, 0.05) is 6.54 Å². The number of carbonyl (C=O) groups excluding carboxylic acids is 2. The highest BCUT2D eigenvalue weighted by Gasteiger charge is 2.22. The maximum Gasteiger partial charge on any atom is 0.325 e. The Balaban J connectivity index is 2.71. The van der Waals surface area contributed by atoms with E-state index >= 15 is 0 Å². The Morgan fingerprint density at radius 2 is 2.22 bits per heavy atom. The van der Waals surface area contributed by atoms with Gasteiger partial charge in [-0.3, -0.25) is 9.59 Å². The number of amides is 1. The number of hydrogen-bond acceptors (Lipinski definition) is 5. The first-order valence-corrected chi connectivity index (χ1v) is 5.85. The van der Waals surface area contributed by atoms with Crippen LogP contribution in [0.25, 0.3) is 0 Å². The molecule has 1 heterocycles. The van der Waals surface area contributed by atoms with Crippen molar-refractivity contribution in [3.63, 3.8) is 0 Å². The molecule has 0 saturated heterocycles. The maximum absolute atomic E-state index is 12.1. The third kappa shape index (κ3) is 4.15. The van der Waals surface area contributed by atoms with Crippen molar-refractivity contribution in [2.75, 3.05) is 19.7 Å². The first-order chi connectivity index (χ1) is 8.54. The average molecular weight is 254 g/mol.